The van der Waals surface area contributed by atoms with Crippen molar-refractivity contribution in [2.24, 2.45) is 0 Å². The molecule has 0 bridgehead atoms. The smallest absolute Gasteiger partial charge is 0.338 e. The number of hydrogen-bond donors (Lipinski definition) is 0. The van der Waals surface area contributed by atoms with Gasteiger partial charge in [0.1, 0.15) is 0 Å². The molecule has 2 aromatic carbocycles. The van der Waals surface area contributed by atoms with Crippen LogP contribution < -0.4 is 0 Å². The van der Waals surface area contributed by atoms with Crippen LogP contribution in [0, 0.1) is 10.1 Å². The predicted octanol–water partition coefficient (Wildman–Crippen LogP) is 3.23. The van der Waals surface area contributed by atoms with E-state index in [0.29, 0.717) is 16.7 Å². The molecule has 0 spiro atoms. The molecule has 7 heteroatoms. The summed E-state index contributed by atoms with van der Waals surface area (Å²) in [4.78, 5) is 33.8. The molecular weight excluding hydrogens is 314 g/mol. The Balaban J connectivity index is 2.46. The van der Waals surface area contributed by atoms with Crippen LogP contribution in [0.1, 0.15) is 27.6 Å². The van der Waals surface area contributed by atoms with Gasteiger partial charge in [0.25, 0.3) is 5.69 Å². The van der Waals surface area contributed by atoms with Crippen LogP contribution in [0.4, 0.5) is 5.69 Å². The molecule has 0 amide bonds. The zero-order valence-electron chi connectivity index (χ0n) is 13.1. The predicted molar refractivity (Wildman–Crippen MR) is 85.8 cm³/mol. The topological polar surface area (TPSA) is 95.7 Å². The lowest BCUT2D eigenvalue weighted by molar-refractivity contribution is -0.384. The highest BCUT2D eigenvalue weighted by Gasteiger charge is 2.16. The molecule has 0 N–H and O–H groups in total. The van der Waals surface area contributed by atoms with Crippen LogP contribution in [-0.4, -0.2) is 30.6 Å². The van der Waals surface area contributed by atoms with Gasteiger partial charge in [0, 0.05) is 12.1 Å². The molecule has 24 heavy (non-hydrogen) atoms. The highest BCUT2D eigenvalue weighted by Crippen LogP contribution is 2.27. The number of benzene rings is 2. The summed E-state index contributed by atoms with van der Waals surface area (Å²) in [7, 11) is 1.28. The van der Waals surface area contributed by atoms with Crippen LogP contribution in [0.2, 0.25) is 0 Å². The lowest BCUT2D eigenvalue weighted by Crippen LogP contribution is -2.05. The van der Waals surface area contributed by atoms with Gasteiger partial charge >= 0.3 is 11.9 Å². The van der Waals surface area contributed by atoms with Gasteiger partial charge in [-0.1, -0.05) is 12.1 Å². The molecule has 7 nitrogen and oxygen atoms in total. The Morgan fingerprint density at radius 3 is 2.21 bits per heavy atom. The lowest BCUT2D eigenvalue weighted by atomic mass is 10.0. The fourth-order valence-electron chi connectivity index (χ4n) is 2.13. The Labute approximate surface area is 138 Å². The molecule has 0 saturated carbocycles. The molecule has 124 valence electrons. The number of carbonyl (C=O) groups excluding carboxylic acids is 2. The fraction of sp³-hybridized carbons (Fsp3) is 0.176. The number of nitro benzene ring substituents is 1. The summed E-state index contributed by atoms with van der Waals surface area (Å²) in [6.07, 6.45) is 0. The second-order valence-electron chi connectivity index (χ2n) is 4.82. The highest BCUT2D eigenvalue weighted by molar-refractivity contribution is 5.93. The summed E-state index contributed by atoms with van der Waals surface area (Å²) < 4.78 is 9.52. The normalized spacial score (nSPS) is 10.1. The van der Waals surface area contributed by atoms with E-state index in [4.69, 9.17) is 4.74 Å². The number of nitro groups is 1. The molecule has 0 aliphatic carbocycles. The van der Waals surface area contributed by atoms with Crippen molar-refractivity contribution in [3.63, 3.8) is 0 Å². The fourth-order valence-corrected chi connectivity index (χ4v) is 2.13. The van der Waals surface area contributed by atoms with Crippen LogP contribution in [-0.2, 0) is 9.47 Å². The van der Waals surface area contributed by atoms with Gasteiger partial charge in [-0.2, -0.15) is 0 Å². The molecule has 0 saturated heterocycles. The minimum Gasteiger partial charge on any atom is -0.465 e. The van der Waals surface area contributed by atoms with Gasteiger partial charge < -0.3 is 9.47 Å². The standard InChI is InChI=1S/C17H15NO6/c1-3-24-17(20)14-8-13(9-15(10-14)18(21)22)11-4-6-12(7-5-11)16(19)23-2/h4-10H,3H2,1-2H3. The molecule has 2 rings (SSSR count). The van der Waals surface area contributed by atoms with Crippen molar-refractivity contribution in [2.75, 3.05) is 13.7 Å². The maximum Gasteiger partial charge on any atom is 0.338 e. The van der Waals surface area contributed by atoms with Gasteiger partial charge in [-0.25, -0.2) is 9.59 Å². The van der Waals surface area contributed by atoms with Gasteiger partial charge in [0.15, 0.2) is 0 Å². The summed E-state index contributed by atoms with van der Waals surface area (Å²) in [6, 6.07) is 10.4. The van der Waals surface area contributed by atoms with Crippen molar-refractivity contribution >= 4 is 17.6 Å². The molecule has 0 radical (unpaired) electrons. The quantitative estimate of drug-likeness (QED) is 0.475. The second kappa shape index (κ2) is 7.36. The monoisotopic (exact) mass is 329 g/mol. The van der Waals surface area contributed by atoms with Crippen LogP contribution in [0.3, 0.4) is 0 Å². The van der Waals surface area contributed by atoms with Crippen molar-refractivity contribution in [3.8, 4) is 11.1 Å². The maximum absolute atomic E-state index is 11.9. The second-order valence-corrected chi connectivity index (χ2v) is 4.82. The average molecular weight is 329 g/mol. The van der Waals surface area contributed by atoms with Crippen LogP contribution in [0.25, 0.3) is 11.1 Å². The van der Waals surface area contributed by atoms with Gasteiger partial charge in [-0.3, -0.25) is 10.1 Å². The SMILES string of the molecule is CCOC(=O)c1cc(-c2ccc(C(=O)OC)cc2)cc([N+](=O)[O-])c1. The van der Waals surface area contributed by atoms with Crippen LogP contribution >= 0.6 is 0 Å². The summed E-state index contributed by atoms with van der Waals surface area (Å²) in [6.45, 7) is 1.83. The van der Waals surface area contributed by atoms with Gasteiger partial charge in [0.2, 0.25) is 0 Å². The molecule has 0 unspecified atom stereocenters. The molecule has 0 fully saturated rings. The zero-order valence-corrected chi connectivity index (χ0v) is 13.1. The highest BCUT2D eigenvalue weighted by atomic mass is 16.6. The first-order valence-electron chi connectivity index (χ1n) is 7.11. The Morgan fingerprint density at radius 1 is 1.00 bits per heavy atom. The molecular formula is C17H15NO6. The molecule has 0 aromatic heterocycles. The Morgan fingerprint density at radius 2 is 1.67 bits per heavy atom. The number of nitrogens with zero attached hydrogens (tertiary/aromatic N) is 1. The molecule has 0 aliphatic heterocycles. The first kappa shape index (κ1) is 17.1. The third kappa shape index (κ3) is 3.75. The summed E-state index contributed by atoms with van der Waals surface area (Å²) >= 11 is 0. The zero-order chi connectivity index (χ0) is 17.7. The van der Waals surface area contributed by atoms with Gasteiger partial charge in [0.05, 0.1) is 29.8 Å². The van der Waals surface area contributed by atoms with Crippen LogP contribution in [0.5, 0.6) is 0 Å². The van der Waals surface area contributed by atoms with E-state index in [1.54, 1.807) is 31.2 Å². The van der Waals surface area contributed by atoms with E-state index in [-0.39, 0.29) is 17.9 Å². The number of hydrogen-bond acceptors (Lipinski definition) is 6. The lowest BCUT2D eigenvalue weighted by Gasteiger charge is -2.07. The first-order chi connectivity index (χ1) is 11.5. The van der Waals surface area contributed by atoms with E-state index in [0.717, 1.165) is 0 Å². The summed E-state index contributed by atoms with van der Waals surface area (Å²) in [5, 5.41) is 11.1. The number of methoxy groups -OCH3 is 1. The van der Waals surface area contributed by atoms with Crippen molar-refractivity contribution in [2.45, 2.75) is 6.92 Å². The number of non-ortho nitro benzene ring substituents is 1. The van der Waals surface area contributed by atoms with Crippen molar-refractivity contribution < 1.29 is 24.0 Å². The van der Waals surface area contributed by atoms with Crippen LogP contribution in [0.15, 0.2) is 42.5 Å². The molecule has 0 aliphatic rings. The number of carbonyl (C=O) groups is 2. The first-order valence-corrected chi connectivity index (χ1v) is 7.11. The van der Waals surface area contributed by atoms with E-state index in [2.05, 4.69) is 4.74 Å². The van der Waals surface area contributed by atoms with Crippen molar-refractivity contribution in [1.29, 1.82) is 0 Å². The van der Waals surface area contributed by atoms with Crippen molar-refractivity contribution in [3.05, 3.63) is 63.7 Å². The molecule has 0 heterocycles. The Kier molecular flexibility index (Phi) is 5.26. The molecule has 2 aromatic rings. The maximum atomic E-state index is 11.9. The summed E-state index contributed by atoms with van der Waals surface area (Å²) in [5.74, 6) is -1.11. The number of rotatable bonds is 5. The third-order valence-corrected chi connectivity index (χ3v) is 3.28. The number of ether oxygens (including phenoxy) is 2. The Hall–Kier alpha value is -3.22. The Bertz CT molecular complexity index is 782. The van der Waals surface area contributed by atoms with E-state index in [1.807, 2.05) is 0 Å². The third-order valence-electron chi connectivity index (χ3n) is 3.28. The van der Waals surface area contributed by atoms with E-state index < -0.39 is 16.9 Å². The van der Waals surface area contributed by atoms with Crippen molar-refractivity contribution in [1.82, 2.24) is 0 Å². The average Bonchev–Trinajstić information content (AvgIpc) is 2.61. The minimum absolute atomic E-state index is 0.0955. The van der Waals surface area contributed by atoms with E-state index in [1.165, 1.54) is 25.3 Å². The van der Waals surface area contributed by atoms with E-state index in [9.17, 15) is 19.7 Å². The van der Waals surface area contributed by atoms with Gasteiger partial charge in [-0.15, -0.1) is 0 Å². The number of esters is 2. The largest absolute Gasteiger partial charge is 0.465 e. The van der Waals surface area contributed by atoms with Gasteiger partial charge in [-0.05, 0) is 36.2 Å². The molecule has 0 atom stereocenters. The minimum atomic E-state index is -0.631. The van der Waals surface area contributed by atoms with E-state index >= 15 is 0 Å². The summed E-state index contributed by atoms with van der Waals surface area (Å²) in [5.41, 5.74) is 1.34.